The Balaban J connectivity index is 2.20. The van der Waals surface area contributed by atoms with Crippen LogP contribution in [0.3, 0.4) is 0 Å². The molecule has 0 spiro atoms. The average Bonchev–Trinajstić information content (AvgIpc) is 2.77. The van der Waals surface area contributed by atoms with Crippen molar-refractivity contribution in [2.24, 2.45) is 0 Å². The zero-order chi connectivity index (χ0) is 12.3. The van der Waals surface area contributed by atoms with Crippen LogP contribution in [0.5, 0.6) is 0 Å². The number of aryl methyl sites for hydroxylation is 1. The van der Waals surface area contributed by atoms with Crippen LogP contribution in [0.15, 0.2) is 40.6 Å². The predicted octanol–water partition coefficient (Wildman–Crippen LogP) is 2.69. The van der Waals surface area contributed by atoms with Gasteiger partial charge in [0, 0.05) is 5.56 Å². The first-order valence-electron chi connectivity index (χ1n) is 4.93. The van der Waals surface area contributed by atoms with E-state index in [2.05, 4.69) is 11.8 Å². The van der Waals surface area contributed by atoms with Gasteiger partial charge in [0.25, 0.3) is 0 Å². The second-order valence-corrected chi connectivity index (χ2v) is 5.72. The summed E-state index contributed by atoms with van der Waals surface area (Å²) < 4.78 is 21.7. The Bertz CT molecular complexity index is 600. The van der Waals surface area contributed by atoms with E-state index in [9.17, 15) is 8.76 Å². The van der Waals surface area contributed by atoms with Crippen LogP contribution < -0.4 is 0 Å². The minimum Gasteiger partial charge on any atom is -0.768 e. The van der Waals surface area contributed by atoms with Crippen LogP contribution >= 0.6 is 11.3 Å². The average molecular weight is 261 g/mol. The summed E-state index contributed by atoms with van der Waals surface area (Å²) in [5, 5.41) is 0. The first-order valence-corrected chi connectivity index (χ1v) is 6.82. The molecule has 17 heavy (non-hydrogen) atoms. The molecule has 0 radical (unpaired) electrons. The Hall–Kier alpha value is -1.41. The number of benzene rings is 1. The topological polar surface area (TPSA) is 40.1 Å². The highest BCUT2D eigenvalue weighted by atomic mass is 32.2. The first-order chi connectivity index (χ1) is 8.15. The van der Waals surface area contributed by atoms with E-state index in [1.807, 2.05) is 31.2 Å². The molecule has 0 amide bonds. The van der Waals surface area contributed by atoms with Gasteiger partial charge in [-0.1, -0.05) is 29.5 Å². The molecule has 2 rings (SSSR count). The fraction of sp³-hybridized carbons (Fsp3) is 0.0769. The van der Waals surface area contributed by atoms with Gasteiger partial charge in [0.2, 0.25) is 0 Å². The quantitative estimate of drug-likeness (QED) is 0.585. The Labute approximate surface area is 107 Å². The third-order valence-corrected chi connectivity index (χ3v) is 4.05. The van der Waals surface area contributed by atoms with Crippen molar-refractivity contribution in [1.82, 2.24) is 0 Å². The van der Waals surface area contributed by atoms with Crippen LogP contribution in [-0.4, -0.2) is 8.76 Å². The van der Waals surface area contributed by atoms with Crippen molar-refractivity contribution in [3.05, 3.63) is 52.4 Å². The summed E-state index contributed by atoms with van der Waals surface area (Å²) in [6.45, 7) is 2.02. The lowest BCUT2D eigenvalue weighted by molar-refractivity contribution is 0.539. The van der Waals surface area contributed by atoms with Gasteiger partial charge >= 0.3 is 0 Å². The van der Waals surface area contributed by atoms with Gasteiger partial charge in [-0.15, -0.1) is 11.3 Å². The molecule has 0 aliphatic rings. The number of rotatable bonds is 1. The largest absolute Gasteiger partial charge is 0.768 e. The van der Waals surface area contributed by atoms with Crippen molar-refractivity contribution in [3.63, 3.8) is 0 Å². The number of thiophene rings is 1. The van der Waals surface area contributed by atoms with E-state index < -0.39 is 11.1 Å². The van der Waals surface area contributed by atoms with E-state index in [1.165, 1.54) is 16.9 Å². The van der Waals surface area contributed by atoms with Gasteiger partial charge in [0.05, 0.1) is 9.09 Å². The molecule has 4 heteroatoms. The maximum absolute atomic E-state index is 10.7. The Morgan fingerprint density at radius 1 is 1.12 bits per heavy atom. The standard InChI is InChI=1S/C13H10O2S2/c1-10-2-4-11(5-3-10)6-7-12-8-9-13(16-12)17(14)15/h2-5,8-9H,1H3,(H,14,15)/p-1. The van der Waals surface area contributed by atoms with Crippen LogP contribution in [0.2, 0.25) is 0 Å². The Morgan fingerprint density at radius 2 is 1.82 bits per heavy atom. The van der Waals surface area contributed by atoms with Gasteiger partial charge in [-0.2, -0.15) is 0 Å². The maximum atomic E-state index is 10.7. The Morgan fingerprint density at radius 3 is 2.41 bits per heavy atom. The zero-order valence-electron chi connectivity index (χ0n) is 9.10. The first kappa shape index (κ1) is 12.1. The van der Waals surface area contributed by atoms with E-state index in [0.717, 1.165) is 10.4 Å². The molecule has 0 N–H and O–H groups in total. The predicted molar refractivity (Wildman–Crippen MR) is 68.7 cm³/mol. The molecule has 0 saturated heterocycles. The summed E-state index contributed by atoms with van der Waals surface area (Å²) in [6.07, 6.45) is 0. The SMILES string of the molecule is Cc1ccc(C#Cc2ccc(S(=O)[O-])s2)cc1. The van der Waals surface area contributed by atoms with Crippen molar-refractivity contribution in [2.75, 3.05) is 0 Å². The highest BCUT2D eigenvalue weighted by Crippen LogP contribution is 2.18. The van der Waals surface area contributed by atoms with Gasteiger partial charge in [0.1, 0.15) is 0 Å². The van der Waals surface area contributed by atoms with Gasteiger partial charge in [0.15, 0.2) is 0 Å². The molecule has 0 saturated carbocycles. The molecule has 0 fully saturated rings. The second kappa shape index (κ2) is 5.28. The molecule has 0 aliphatic heterocycles. The highest BCUT2D eigenvalue weighted by Gasteiger charge is 1.96. The molecular formula is C13H9O2S2-. The van der Waals surface area contributed by atoms with Crippen molar-refractivity contribution < 1.29 is 8.76 Å². The minimum absolute atomic E-state index is 0.318. The van der Waals surface area contributed by atoms with E-state index in [0.29, 0.717) is 4.21 Å². The molecule has 1 unspecified atom stereocenters. The van der Waals surface area contributed by atoms with E-state index in [4.69, 9.17) is 0 Å². The van der Waals surface area contributed by atoms with E-state index in [1.54, 1.807) is 12.1 Å². The third-order valence-electron chi connectivity index (χ3n) is 2.13. The fourth-order valence-corrected chi connectivity index (χ4v) is 2.56. The lowest BCUT2D eigenvalue weighted by Crippen LogP contribution is -1.80. The van der Waals surface area contributed by atoms with Gasteiger partial charge < -0.3 is 4.55 Å². The maximum Gasteiger partial charge on any atom is 0.0785 e. The molecule has 1 atom stereocenters. The van der Waals surface area contributed by atoms with Gasteiger partial charge in [-0.05, 0) is 42.3 Å². The zero-order valence-corrected chi connectivity index (χ0v) is 10.7. The van der Waals surface area contributed by atoms with Gasteiger partial charge in [-0.3, -0.25) is 4.21 Å². The van der Waals surface area contributed by atoms with E-state index >= 15 is 0 Å². The summed E-state index contributed by atoms with van der Waals surface area (Å²) in [7, 11) is 0. The molecule has 0 aliphatic carbocycles. The van der Waals surface area contributed by atoms with Crippen LogP contribution in [-0.2, 0) is 11.1 Å². The number of hydrogen-bond donors (Lipinski definition) is 0. The van der Waals surface area contributed by atoms with Crippen LogP contribution in [0.25, 0.3) is 0 Å². The van der Waals surface area contributed by atoms with Crippen LogP contribution in [0.1, 0.15) is 16.0 Å². The number of hydrogen-bond acceptors (Lipinski definition) is 3. The third kappa shape index (κ3) is 3.27. The highest BCUT2D eigenvalue weighted by molar-refractivity contribution is 7.81. The van der Waals surface area contributed by atoms with Crippen molar-refractivity contribution in [3.8, 4) is 11.8 Å². The molecule has 2 nitrogen and oxygen atoms in total. The molecule has 1 aromatic heterocycles. The van der Waals surface area contributed by atoms with Gasteiger partial charge in [-0.25, -0.2) is 0 Å². The smallest absolute Gasteiger partial charge is 0.0785 e. The summed E-state index contributed by atoms with van der Waals surface area (Å²) in [5.74, 6) is 5.95. The molecular weight excluding hydrogens is 252 g/mol. The lowest BCUT2D eigenvalue weighted by Gasteiger charge is -1.97. The fourth-order valence-electron chi connectivity index (χ4n) is 1.25. The van der Waals surface area contributed by atoms with Crippen LogP contribution in [0.4, 0.5) is 0 Å². The van der Waals surface area contributed by atoms with Crippen molar-refractivity contribution >= 4 is 22.4 Å². The monoisotopic (exact) mass is 261 g/mol. The summed E-state index contributed by atoms with van der Waals surface area (Å²) in [5.41, 5.74) is 2.12. The minimum atomic E-state index is -2.16. The molecule has 1 aromatic carbocycles. The Kier molecular flexibility index (Phi) is 3.75. The normalized spacial score (nSPS) is 11.6. The lowest BCUT2D eigenvalue weighted by atomic mass is 10.1. The van der Waals surface area contributed by atoms with Crippen LogP contribution in [0, 0.1) is 18.8 Å². The van der Waals surface area contributed by atoms with Crippen molar-refractivity contribution in [1.29, 1.82) is 0 Å². The molecule has 0 bridgehead atoms. The molecule has 86 valence electrons. The summed E-state index contributed by atoms with van der Waals surface area (Å²) in [6, 6.07) is 11.2. The molecule has 2 aromatic rings. The van der Waals surface area contributed by atoms with E-state index in [-0.39, 0.29) is 0 Å². The van der Waals surface area contributed by atoms with Crippen molar-refractivity contribution in [2.45, 2.75) is 11.1 Å². The second-order valence-electron chi connectivity index (χ2n) is 3.47. The summed E-state index contributed by atoms with van der Waals surface area (Å²) in [4.78, 5) is 0.754. The molecule has 1 heterocycles. The summed E-state index contributed by atoms with van der Waals surface area (Å²) >= 11 is -0.981.